The van der Waals surface area contributed by atoms with Gasteiger partial charge in [0.1, 0.15) is 5.82 Å². The number of nitrogens with one attached hydrogen (secondary N) is 1. The summed E-state index contributed by atoms with van der Waals surface area (Å²) in [7, 11) is 0. The largest absolute Gasteiger partial charge is 0.382 e. The number of hydrogen-bond acceptors (Lipinski definition) is 3. The van der Waals surface area contributed by atoms with E-state index in [1.165, 1.54) is 44.2 Å². The van der Waals surface area contributed by atoms with Gasteiger partial charge in [0.2, 0.25) is 5.91 Å². The van der Waals surface area contributed by atoms with Gasteiger partial charge in [0, 0.05) is 49.9 Å². The minimum Gasteiger partial charge on any atom is -0.382 e. The lowest BCUT2D eigenvalue weighted by atomic mass is 9.85. The molecule has 1 N–H and O–H groups in total. The molecule has 5 heteroatoms. The lowest BCUT2D eigenvalue weighted by Gasteiger charge is -2.42. The summed E-state index contributed by atoms with van der Waals surface area (Å²) in [4.78, 5) is 17.7. The van der Waals surface area contributed by atoms with Crippen LogP contribution in [0.15, 0.2) is 24.3 Å². The Hall–Kier alpha value is -1.62. The zero-order valence-corrected chi connectivity index (χ0v) is 16.9. The second kappa shape index (κ2) is 9.25. The van der Waals surface area contributed by atoms with E-state index in [1.807, 2.05) is 0 Å². The molecule has 1 aromatic carbocycles. The van der Waals surface area contributed by atoms with Crippen LogP contribution in [-0.4, -0.2) is 54.0 Å². The van der Waals surface area contributed by atoms with Gasteiger partial charge >= 0.3 is 0 Å². The fourth-order valence-corrected chi connectivity index (χ4v) is 5.28. The Kier molecular flexibility index (Phi) is 6.50. The van der Waals surface area contributed by atoms with Gasteiger partial charge in [-0.25, -0.2) is 4.39 Å². The molecule has 2 saturated carbocycles. The van der Waals surface area contributed by atoms with Crippen LogP contribution in [0.2, 0.25) is 0 Å². The first kappa shape index (κ1) is 19.7. The summed E-state index contributed by atoms with van der Waals surface area (Å²) in [6.45, 7) is 3.92. The summed E-state index contributed by atoms with van der Waals surface area (Å²) in [5.41, 5.74) is 0.968. The fourth-order valence-electron chi connectivity index (χ4n) is 5.28. The van der Waals surface area contributed by atoms with Crippen molar-refractivity contribution < 1.29 is 9.18 Å². The van der Waals surface area contributed by atoms with E-state index in [2.05, 4.69) is 15.1 Å². The van der Waals surface area contributed by atoms with E-state index in [0.29, 0.717) is 11.9 Å². The normalized spacial score (nSPS) is 27.5. The molecule has 0 atom stereocenters. The number of halogens is 1. The van der Waals surface area contributed by atoms with E-state index in [1.54, 1.807) is 12.1 Å². The zero-order chi connectivity index (χ0) is 19.3. The molecule has 3 aliphatic rings. The lowest BCUT2D eigenvalue weighted by Crippen LogP contribution is -2.53. The Balaban J connectivity index is 1.20. The summed E-state index contributed by atoms with van der Waals surface area (Å²) in [5, 5.41) is 3.49. The van der Waals surface area contributed by atoms with Crippen molar-refractivity contribution in [2.75, 3.05) is 31.5 Å². The maximum absolute atomic E-state index is 13.0. The smallest absolute Gasteiger partial charge is 0.225 e. The Bertz CT molecular complexity index is 628. The molecule has 4 nitrogen and oxygen atoms in total. The third kappa shape index (κ3) is 4.86. The van der Waals surface area contributed by atoms with Crippen LogP contribution in [0.5, 0.6) is 0 Å². The molecular weight excluding hydrogens is 353 g/mol. The van der Waals surface area contributed by atoms with Gasteiger partial charge in [-0.1, -0.05) is 19.3 Å². The van der Waals surface area contributed by atoms with Crippen molar-refractivity contribution in [3.63, 3.8) is 0 Å². The van der Waals surface area contributed by atoms with Crippen molar-refractivity contribution in [1.82, 2.24) is 9.80 Å². The third-order valence-electron chi connectivity index (χ3n) is 7.01. The van der Waals surface area contributed by atoms with E-state index < -0.39 is 0 Å². The predicted molar refractivity (Wildman–Crippen MR) is 111 cm³/mol. The van der Waals surface area contributed by atoms with Crippen molar-refractivity contribution in [3.8, 4) is 0 Å². The maximum atomic E-state index is 13.0. The highest BCUT2D eigenvalue weighted by Gasteiger charge is 2.32. The molecule has 4 rings (SSSR count). The summed E-state index contributed by atoms with van der Waals surface area (Å²) in [6.07, 6.45) is 10.8. The number of carbonyl (C=O) groups is 1. The monoisotopic (exact) mass is 387 g/mol. The molecule has 1 saturated heterocycles. The number of hydrogen-bond donors (Lipinski definition) is 1. The fraction of sp³-hybridized carbons (Fsp3) is 0.696. The van der Waals surface area contributed by atoms with Crippen molar-refractivity contribution in [1.29, 1.82) is 0 Å². The topological polar surface area (TPSA) is 35.6 Å². The van der Waals surface area contributed by atoms with Crippen LogP contribution in [0.25, 0.3) is 0 Å². The number of rotatable bonds is 4. The zero-order valence-electron chi connectivity index (χ0n) is 16.9. The van der Waals surface area contributed by atoms with E-state index >= 15 is 0 Å². The van der Waals surface area contributed by atoms with Gasteiger partial charge in [-0.05, 0) is 62.8 Å². The highest BCUT2D eigenvalue weighted by molar-refractivity contribution is 5.79. The molecule has 28 heavy (non-hydrogen) atoms. The number of benzene rings is 1. The molecule has 154 valence electrons. The molecule has 1 aliphatic heterocycles. The first-order valence-corrected chi connectivity index (χ1v) is 11.2. The first-order valence-electron chi connectivity index (χ1n) is 11.2. The quantitative estimate of drug-likeness (QED) is 0.838. The highest BCUT2D eigenvalue weighted by Crippen LogP contribution is 2.29. The van der Waals surface area contributed by atoms with Crippen molar-refractivity contribution in [3.05, 3.63) is 30.1 Å². The van der Waals surface area contributed by atoms with Crippen LogP contribution >= 0.6 is 0 Å². The van der Waals surface area contributed by atoms with Crippen molar-refractivity contribution >= 4 is 11.6 Å². The lowest BCUT2D eigenvalue weighted by molar-refractivity contribution is -0.138. The van der Waals surface area contributed by atoms with E-state index in [9.17, 15) is 9.18 Å². The maximum Gasteiger partial charge on any atom is 0.225 e. The Morgan fingerprint density at radius 2 is 1.50 bits per heavy atom. The van der Waals surface area contributed by atoms with Gasteiger partial charge in [-0.2, -0.15) is 0 Å². The average Bonchev–Trinajstić information content (AvgIpc) is 2.76. The summed E-state index contributed by atoms with van der Waals surface area (Å²) in [6, 6.07) is 7.71. The molecule has 1 heterocycles. The molecule has 2 aliphatic carbocycles. The van der Waals surface area contributed by atoms with Crippen LogP contribution < -0.4 is 5.32 Å². The molecule has 0 bridgehead atoms. The summed E-state index contributed by atoms with van der Waals surface area (Å²) in [5.74, 6) is 0.361. The molecule has 0 aromatic heterocycles. The second-order valence-electron chi connectivity index (χ2n) is 8.85. The second-order valence-corrected chi connectivity index (χ2v) is 8.85. The molecule has 3 fully saturated rings. The van der Waals surface area contributed by atoms with Gasteiger partial charge < -0.3 is 10.2 Å². The Morgan fingerprint density at radius 1 is 0.857 bits per heavy atom. The molecule has 0 radical (unpaired) electrons. The SMILES string of the molecule is O=C([C@H]1CC[C@H](Nc2ccc(F)cc2)CC1)N1CCN(C2CCCCC2)CC1. The molecule has 0 unspecified atom stereocenters. The number of nitrogens with zero attached hydrogens (tertiary/aromatic N) is 2. The minimum absolute atomic E-state index is 0.187. The van der Waals surface area contributed by atoms with Crippen molar-refractivity contribution in [2.45, 2.75) is 69.9 Å². The molecule has 1 amide bonds. The van der Waals surface area contributed by atoms with Gasteiger partial charge in [-0.15, -0.1) is 0 Å². The Labute approximate surface area is 168 Å². The molecule has 1 aromatic rings. The average molecular weight is 388 g/mol. The summed E-state index contributed by atoms with van der Waals surface area (Å²) >= 11 is 0. The van der Waals surface area contributed by atoms with E-state index in [4.69, 9.17) is 0 Å². The first-order chi connectivity index (χ1) is 13.7. The standard InChI is InChI=1S/C23H34FN3O/c24-19-8-12-21(13-9-19)25-20-10-6-18(7-11-20)23(28)27-16-14-26(15-17-27)22-4-2-1-3-5-22/h8-9,12-13,18,20,22,25H,1-7,10-11,14-17H2/t18-,20-. The van der Waals surface area contributed by atoms with E-state index in [0.717, 1.165) is 63.6 Å². The highest BCUT2D eigenvalue weighted by atomic mass is 19.1. The number of piperazine rings is 1. The van der Waals surface area contributed by atoms with Gasteiger partial charge in [0.05, 0.1) is 0 Å². The molecular formula is C23H34FN3O. The summed E-state index contributed by atoms with van der Waals surface area (Å²) < 4.78 is 13.0. The number of anilines is 1. The Morgan fingerprint density at radius 3 is 2.14 bits per heavy atom. The minimum atomic E-state index is -0.205. The van der Waals surface area contributed by atoms with Crippen LogP contribution in [-0.2, 0) is 4.79 Å². The van der Waals surface area contributed by atoms with Gasteiger partial charge in [0.25, 0.3) is 0 Å². The van der Waals surface area contributed by atoms with Gasteiger partial charge in [0.15, 0.2) is 0 Å². The third-order valence-corrected chi connectivity index (χ3v) is 7.01. The molecule has 0 spiro atoms. The van der Waals surface area contributed by atoms with Gasteiger partial charge in [-0.3, -0.25) is 9.69 Å². The van der Waals surface area contributed by atoms with Crippen LogP contribution in [0.1, 0.15) is 57.8 Å². The van der Waals surface area contributed by atoms with Crippen LogP contribution in [0, 0.1) is 11.7 Å². The predicted octanol–water partition coefficient (Wildman–Crippen LogP) is 4.27. The number of amides is 1. The van der Waals surface area contributed by atoms with Crippen LogP contribution in [0.3, 0.4) is 0 Å². The number of carbonyl (C=O) groups excluding carboxylic acids is 1. The van der Waals surface area contributed by atoms with Crippen molar-refractivity contribution in [2.24, 2.45) is 5.92 Å². The van der Waals surface area contributed by atoms with Crippen LogP contribution in [0.4, 0.5) is 10.1 Å². The van der Waals surface area contributed by atoms with E-state index in [-0.39, 0.29) is 11.7 Å².